The van der Waals surface area contributed by atoms with Crippen LogP contribution in [0.25, 0.3) is 10.9 Å². The molecule has 9 nitrogen and oxygen atoms in total. The van der Waals surface area contributed by atoms with Crippen LogP contribution in [-0.2, 0) is 26.7 Å². The van der Waals surface area contributed by atoms with Crippen molar-refractivity contribution in [3.63, 3.8) is 0 Å². The molecule has 5 rings (SSSR count). The van der Waals surface area contributed by atoms with Crippen molar-refractivity contribution in [1.82, 2.24) is 19.2 Å². The zero-order valence-electron chi connectivity index (χ0n) is 19.9. The maximum atomic E-state index is 13.0. The summed E-state index contributed by atoms with van der Waals surface area (Å²) in [5, 5.41) is 11.2. The van der Waals surface area contributed by atoms with E-state index >= 15 is 0 Å². The summed E-state index contributed by atoms with van der Waals surface area (Å²) in [6.07, 6.45) is 6.12. The van der Waals surface area contributed by atoms with Crippen molar-refractivity contribution >= 4 is 26.8 Å². The summed E-state index contributed by atoms with van der Waals surface area (Å²) in [6, 6.07) is 8.81. The number of methoxy groups -OCH3 is 1. The van der Waals surface area contributed by atoms with Crippen LogP contribution in [0.15, 0.2) is 42.7 Å². The Labute approximate surface area is 204 Å². The molecule has 1 saturated heterocycles. The number of nitrogens with zero attached hydrogens (tertiary/aromatic N) is 3. The zero-order chi connectivity index (χ0) is 24.8. The normalized spacial score (nSPS) is 20.2. The molecule has 2 N–H and O–H groups in total. The van der Waals surface area contributed by atoms with Crippen LogP contribution in [0.4, 0.5) is 0 Å². The molecule has 0 unspecified atom stereocenters. The van der Waals surface area contributed by atoms with Crippen molar-refractivity contribution in [3.8, 4) is 5.75 Å². The third kappa shape index (κ3) is 4.19. The van der Waals surface area contributed by atoms with Gasteiger partial charge in [-0.3, -0.25) is 9.78 Å². The second-order valence-electron chi connectivity index (χ2n) is 9.53. The fraction of sp³-hybridized carbons (Fsp3) is 0.440. The summed E-state index contributed by atoms with van der Waals surface area (Å²) in [5.41, 5.74) is 3.02. The first-order valence-corrected chi connectivity index (χ1v) is 13.5. The Morgan fingerprint density at radius 3 is 2.69 bits per heavy atom. The second-order valence-corrected chi connectivity index (χ2v) is 11.5. The van der Waals surface area contributed by atoms with Gasteiger partial charge in [-0.25, -0.2) is 8.42 Å². The lowest BCUT2D eigenvalue weighted by atomic mass is 9.69. The van der Waals surface area contributed by atoms with Gasteiger partial charge in [0.1, 0.15) is 5.75 Å². The molecule has 0 saturated carbocycles. The molecular formula is C25H30N4O5S. The highest BCUT2D eigenvalue weighted by molar-refractivity contribution is 7.88. The molecule has 4 heterocycles. The Morgan fingerprint density at radius 2 is 2.06 bits per heavy atom. The molecule has 1 aromatic carbocycles. The van der Waals surface area contributed by atoms with Crippen LogP contribution < -0.4 is 4.74 Å². The third-order valence-electron chi connectivity index (χ3n) is 7.45. The summed E-state index contributed by atoms with van der Waals surface area (Å²) in [7, 11) is -1.98. The van der Waals surface area contributed by atoms with Crippen molar-refractivity contribution in [2.75, 3.05) is 39.6 Å². The number of ether oxygens (including phenoxy) is 1. The zero-order valence-corrected chi connectivity index (χ0v) is 20.7. The first-order valence-electron chi connectivity index (χ1n) is 11.7. The molecule has 0 aliphatic carbocycles. The Balaban J connectivity index is 1.52. The molecular weight excluding hydrogens is 468 g/mol. The van der Waals surface area contributed by atoms with Gasteiger partial charge in [-0.15, -0.1) is 0 Å². The van der Waals surface area contributed by atoms with Gasteiger partial charge in [-0.05, 0) is 42.2 Å². The predicted octanol–water partition coefficient (Wildman–Crippen LogP) is 1.98. The van der Waals surface area contributed by atoms with Crippen molar-refractivity contribution in [1.29, 1.82) is 0 Å². The molecule has 1 spiro atoms. The highest BCUT2D eigenvalue weighted by atomic mass is 32.2. The number of hydrogen-bond donors (Lipinski definition) is 2. The number of H-pyrrole nitrogens is 1. The number of aromatic nitrogens is 2. The number of fused-ring (bicyclic) bond motifs is 4. The Kier molecular flexibility index (Phi) is 6.06. The van der Waals surface area contributed by atoms with Crippen LogP contribution in [0.1, 0.15) is 35.7 Å². The van der Waals surface area contributed by atoms with Gasteiger partial charge in [0.2, 0.25) is 15.9 Å². The largest absolute Gasteiger partial charge is 0.497 e. The molecule has 2 aliphatic heterocycles. The first-order chi connectivity index (χ1) is 16.8. The third-order valence-corrected chi connectivity index (χ3v) is 8.69. The average Bonchev–Trinajstić information content (AvgIpc) is 3.24. The number of nitrogens with one attached hydrogen (secondary N) is 1. The van der Waals surface area contributed by atoms with Gasteiger partial charge in [0, 0.05) is 60.1 Å². The van der Waals surface area contributed by atoms with E-state index in [0.717, 1.165) is 27.7 Å². The fourth-order valence-corrected chi connectivity index (χ4v) is 6.81. The number of likely N-dealkylation sites (tertiary alicyclic amines) is 1. The van der Waals surface area contributed by atoms with Crippen LogP contribution in [0.5, 0.6) is 5.75 Å². The highest BCUT2D eigenvalue weighted by Crippen LogP contribution is 2.49. The number of carbonyl (C=O) groups is 1. The Bertz CT molecular complexity index is 1350. The van der Waals surface area contributed by atoms with Crippen LogP contribution in [0.3, 0.4) is 0 Å². The minimum Gasteiger partial charge on any atom is -0.497 e. The molecule has 10 heteroatoms. The maximum absolute atomic E-state index is 13.0. The number of aliphatic hydroxyl groups excluding tert-OH is 1. The van der Waals surface area contributed by atoms with E-state index in [1.807, 2.05) is 35.2 Å². The van der Waals surface area contributed by atoms with E-state index in [-0.39, 0.29) is 19.1 Å². The molecule has 186 valence electrons. The van der Waals surface area contributed by atoms with Gasteiger partial charge >= 0.3 is 0 Å². The summed E-state index contributed by atoms with van der Waals surface area (Å²) < 4.78 is 32.4. The van der Waals surface area contributed by atoms with Crippen LogP contribution in [0.2, 0.25) is 0 Å². The Hall–Kier alpha value is -2.95. The number of aromatic amines is 1. The highest BCUT2D eigenvalue weighted by Gasteiger charge is 2.50. The number of hydrogen-bond acceptors (Lipinski definition) is 6. The van der Waals surface area contributed by atoms with Gasteiger partial charge in [-0.1, -0.05) is 6.07 Å². The van der Waals surface area contributed by atoms with E-state index in [1.165, 1.54) is 10.6 Å². The number of carbonyl (C=O) groups excluding carboxylic acids is 1. The summed E-state index contributed by atoms with van der Waals surface area (Å²) >= 11 is 0. The lowest BCUT2D eigenvalue weighted by molar-refractivity contribution is -0.132. The number of aliphatic hydroxyl groups is 1. The van der Waals surface area contributed by atoms with Gasteiger partial charge < -0.3 is 19.7 Å². The maximum Gasteiger partial charge on any atom is 0.227 e. The molecule has 2 aromatic heterocycles. The lowest BCUT2D eigenvalue weighted by Gasteiger charge is -2.49. The van der Waals surface area contributed by atoms with E-state index in [4.69, 9.17) is 4.74 Å². The molecule has 0 bridgehead atoms. The van der Waals surface area contributed by atoms with Crippen molar-refractivity contribution < 1.29 is 23.1 Å². The van der Waals surface area contributed by atoms with E-state index in [9.17, 15) is 18.3 Å². The lowest BCUT2D eigenvalue weighted by Crippen LogP contribution is -2.55. The molecule has 2 aliphatic rings. The number of piperidine rings is 1. The molecule has 1 atom stereocenters. The first kappa shape index (κ1) is 23.8. The quantitative estimate of drug-likeness (QED) is 0.556. The number of rotatable bonds is 5. The van der Waals surface area contributed by atoms with Gasteiger partial charge in [-0.2, -0.15) is 4.31 Å². The number of amides is 1. The number of benzene rings is 1. The Morgan fingerprint density at radius 1 is 1.29 bits per heavy atom. The van der Waals surface area contributed by atoms with Gasteiger partial charge in [0.05, 0.1) is 32.4 Å². The molecule has 1 amide bonds. The number of sulfonamides is 1. The smallest absolute Gasteiger partial charge is 0.227 e. The standard InChI is InChI=1S/C25H30N4O5S/c1-34-18-5-6-19-20(13-18)27-24-21(15-30)29(35(2,32)33)16-25(23(19)24)7-10-28(11-8-25)22(31)12-17-4-3-9-26-14-17/h3-6,9,13-14,21,27,30H,7-8,10-12,15-16H2,1-2H3/t21-/m1/s1. The van der Waals surface area contributed by atoms with E-state index in [0.29, 0.717) is 38.1 Å². The van der Waals surface area contributed by atoms with Crippen molar-refractivity contribution in [2.45, 2.75) is 30.7 Å². The predicted molar refractivity (Wildman–Crippen MR) is 132 cm³/mol. The van der Waals surface area contributed by atoms with Crippen molar-refractivity contribution in [3.05, 3.63) is 59.5 Å². The van der Waals surface area contributed by atoms with Gasteiger partial charge in [0.25, 0.3) is 0 Å². The average molecular weight is 499 g/mol. The monoisotopic (exact) mass is 498 g/mol. The van der Waals surface area contributed by atoms with Gasteiger partial charge in [0.15, 0.2) is 0 Å². The second kappa shape index (κ2) is 8.92. The SMILES string of the molecule is COc1ccc2c3c([nH]c2c1)[C@@H](CO)N(S(C)(=O)=O)CC31CCN(C(=O)Cc2cccnc2)CC1. The van der Waals surface area contributed by atoms with Crippen LogP contribution >= 0.6 is 0 Å². The van der Waals surface area contributed by atoms with E-state index < -0.39 is 21.5 Å². The molecule has 0 radical (unpaired) electrons. The van der Waals surface area contributed by atoms with E-state index in [1.54, 1.807) is 19.5 Å². The minimum atomic E-state index is -3.58. The van der Waals surface area contributed by atoms with Crippen LogP contribution in [0, 0.1) is 0 Å². The summed E-state index contributed by atoms with van der Waals surface area (Å²) in [6.45, 7) is 1.01. The van der Waals surface area contributed by atoms with E-state index in [2.05, 4.69) is 9.97 Å². The molecule has 3 aromatic rings. The fourth-order valence-electron chi connectivity index (χ4n) is 5.69. The molecule has 1 fully saturated rings. The molecule has 35 heavy (non-hydrogen) atoms. The topological polar surface area (TPSA) is 116 Å². The summed E-state index contributed by atoms with van der Waals surface area (Å²) in [4.78, 5) is 22.3. The number of pyridine rings is 1. The van der Waals surface area contributed by atoms with Crippen LogP contribution in [-0.4, -0.2) is 78.2 Å². The van der Waals surface area contributed by atoms with Crippen molar-refractivity contribution in [2.24, 2.45) is 0 Å². The minimum absolute atomic E-state index is 0.0424. The summed E-state index contributed by atoms with van der Waals surface area (Å²) in [5.74, 6) is 0.738.